The van der Waals surface area contributed by atoms with Gasteiger partial charge in [-0.3, -0.25) is 9.59 Å². The third kappa shape index (κ3) is 4.08. The second-order valence-corrected chi connectivity index (χ2v) is 7.33. The van der Waals surface area contributed by atoms with Crippen molar-refractivity contribution in [3.8, 4) is 0 Å². The molecule has 2 N–H and O–H groups in total. The molecule has 0 radical (unpaired) electrons. The molecular weight excluding hydrogens is 320 g/mol. The Morgan fingerprint density at radius 3 is 2.60 bits per heavy atom. The molecule has 25 heavy (non-hydrogen) atoms. The summed E-state index contributed by atoms with van der Waals surface area (Å²) in [5.74, 6) is 1.09. The fraction of sp³-hybridized carbons (Fsp3) is 0.667. The van der Waals surface area contributed by atoms with E-state index in [1.54, 1.807) is 13.8 Å². The van der Waals surface area contributed by atoms with E-state index in [9.17, 15) is 14.4 Å². The minimum atomic E-state index is -0.356. The van der Waals surface area contributed by atoms with Crippen LogP contribution in [0.5, 0.6) is 0 Å². The van der Waals surface area contributed by atoms with Crippen LogP contribution in [0.1, 0.15) is 43.1 Å². The summed E-state index contributed by atoms with van der Waals surface area (Å²) < 4.78 is 0. The molecule has 2 aliphatic rings. The third-order valence-electron chi connectivity index (χ3n) is 5.44. The van der Waals surface area contributed by atoms with Gasteiger partial charge in [-0.25, -0.2) is 4.79 Å². The summed E-state index contributed by atoms with van der Waals surface area (Å²) in [5.41, 5.74) is 2.01. The molecular formula is C18H26N4O3. The topological polar surface area (TPSA) is 95.2 Å². The molecule has 1 saturated heterocycles. The molecule has 2 atom stereocenters. The van der Waals surface area contributed by atoms with Crippen LogP contribution in [0.25, 0.3) is 0 Å². The van der Waals surface area contributed by atoms with Gasteiger partial charge >= 0.3 is 5.69 Å². The maximum Gasteiger partial charge on any atom is 0.345 e. The molecule has 2 amide bonds. The van der Waals surface area contributed by atoms with E-state index in [1.807, 2.05) is 11.8 Å². The Balaban J connectivity index is 1.59. The van der Waals surface area contributed by atoms with Crippen LogP contribution in [-0.4, -0.2) is 45.8 Å². The summed E-state index contributed by atoms with van der Waals surface area (Å²) >= 11 is 0. The standard InChI is InChI=1S/C18H26N4O3/c1-10-14(11(2)20-18(25)19-10)6-7-17(24)21-16-9-22(12(3)23)8-15(16)13-4-5-13/h13,15-16H,4-9H2,1-3H3,(H,21,24)(H,19,20,25)/t15-,16+/m1/s1. The number of carbonyl (C=O) groups excluding carboxylic acids is 2. The Hall–Kier alpha value is -2.18. The Morgan fingerprint density at radius 2 is 2.00 bits per heavy atom. The number of H-pyrrole nitrogens is 1. The van der Waals surface area contributed by atoms with Gasteiger partial charge in [-0.2, -0.15) is 4.98 Å². The van der Waals surface area contributed by atoms with E-state index in [4.69, 9.17) is 0 Å². The summed E-state index contributed by atoms with van der Waals surface area (Å²) in [6.45, 7) is 6.57. The van der Waals surface area contributed by atoms with E-state index in [0.717, 1.165) is 17.8 Å². The van der Waals surface area contributed by atoms with E-state index in [1.165, 1.54) is 12.8 Å². The minimum Gasteiger partial charge on any atom is -0.351 e. The number of aryl methyl sites for hydroxylation is 2. The zero-order valence-electron chi connectivity index (χ0n) is 15.1. The van der Waals surface area contributed by atoms with Gasteiger partial charge in [0.2, 0.25) is 11.8 Å². The van der Waals surface area contributed by atoms with Crippen molar-refractivity contribution >= 4 is 11.8 Å². The molecule has 0 aromatic carbocycles. The lowest BCUT2D eigenvalue weighted by atomic mass is 9.97. The molecule has 3 rings (SSSR count). The van der Waals surface area contributed by atoms with Crippen molar-refractivity contribution in [2.75, 3.05) is 13.1 Å². The number of nitrogens with one attached hydrogen (secondary N) is 2. The number of likely N-dealkylation sites (tertiary alicyclic amines) is 1. The van der Waals surface area contributed by atoms with Crippen molar-refractivity contribution in [2.45, 2.75) is 52.5 Å². The second-order valence-electron chi connectivity index (χ2n) is 7.33. The second kappa shape index (κ2) is 6.98. The fourth-order valence-electron chi connectivity index (χ4n) is 3.88. The monoisotopic (exact) mass is 346 g/mol. The number of nitrogens with zero attached hydrogens (tertiary/aromatic N) is 2. The van der Waals surface area contributed by atoms with Crippen molar-refractivity contribution in [2.24, 2.45) is 11.8 Å². The SMILES string of the molecule is CC(=O)N1C[C@H](NC(=O)CCc2c(C)nc(=O)[nH]c2C)[C@@H](C2CC2)C1. The highest BCUT2D eigenvalue weighted by atomic mass is 16.2. The van der Waals surface area contributed by atoms with Crippen molar-refractivity contribution in [3.05, 3.63) is 27.4 Å². The van der Waals surface area contributed by atoms with Gasteiger partial charge in [-0.05, 0) is 44.6 Å². The molecule has 136 valence electrons. The molecule has 7 nitrogen and oxygen atoms in total. The van der Waals surface area contributed by atoms with Crippen LogP contribution < -0.4 is 11.0 Å². The van der Waals surface area contributed by atoms with Crippen LogP contribution in [0.3, 0.4) is 0 Å². The molecule has 2 heterocycles. The average Bonchev–Trinajstić information content (AvgIpc) is 3.27. The van der Waals surface area contributed by atoms with Crippen molar-refractivity contribution in [1.82, 2.24) is 20.2 Å². The van der Waals surface area contributed by atoms with Gasteiger partial charge in [-0.15, -0.1) is 0 Å². The van der Waals surface area contributed by atoms with Gasteiger partial charge in [0.1, 0.15) is 0 Å². The van der Waals surface area contributed by atoms with Gasteiger partial charge in [-0.1, -0.05) is 0 Å². The maximum atomic E-state index is 12.4. The normalized spacial score (nSPS) is 22.9. The van der Waals surface area contributed by atoms with Gasteiger partial charge in [0, 0.05) is 43.7 Å². The first kappa shape index (κ1) is 17.6. The van der Waals surface area contributed by atoms with Crippen LogP contribution in [-0.2, 0) is 16.0 Å². The summed E-state index contributed by atoms with van der Waals surface area (Å²) in [7, 11) is 0. The number of hydrogen-bond acceptors (Lipinski definition) is 4. The largest absolute Gasteiger partial charge is 0.351 e. The Morgan fingerprint density at radius 1 is 1.28 bits per heavy atom. The number of hydrogen-bond donors (Lipinski definition) is 2. The van der Waals surface area contributed by atoms with Crippen LogP contribution in [0.15, 0.2) is 4.79 Å². The molecule has 7 heteroatoms. The summed E-state index contributed by atoms with van der Waals surface area (Å²) in [4.78, 5) is 43.8. The lowest BCUT2D eigenvalue weighted by Gasteiger charge is -2.19. The maximum absolute atomic E-state index is 12.4. The Kier molecular flexibility index (Phi) is 4.92. The van der Waals surface area contributed by atoms with E-state index in [2.05, 4.69) is 15.3 Å². The van der Waals surface area contributed by atoms with Crippen LogP contribution >= 0.6 is 0 Å². The van der Waals surface area contributed by atoms with Crippen LogP contribution in [0.4, 0.5) is 0 Å². The summed E-state index contributed by atoms with van der Waals surface area (Å²) in [5, 5.41) is 3.13. The summed E-state index contributed by atoms with van der Waals surface area (Å²) in [6.07, 6.45) is 3.29. The zero-order chi connectivity index (χ0) is 18.1. The van der Waals surface area contributed by atoms with Gasteiger partial charge < -0.3 is 15.2 Å². The lowest BCUT2D eigenvalue weighted by Crippen LogP contribution is -2.41. The average molecular weight is 346 g/mol. The molecule has 1 saturated carbocycles. The first-order valence-corrected chi connectivity index (χ1v) is 8.96. The predicted molar refractivity (Wildman–Crippen MR) is 93.1 cm³/mol. The molecule has 1 aromatic rings. The Labute approximate surface area is 147 Å². The fourth-order valence-corrected chi connectivity index (χ4v) is 3.88. The molecule has 0 spiro atoms. The molecule has 1 aromatic heterocycles. The predicted octanol–water partition coefficient (Wildman–Crippen LogP) is 0.692. The molecule has 0 unspecified atom stereocenters. The van der Waals surface area contributed by atoms with Crippen molar-refractivity contribution < 1.29 is 9.59 Å². The Bertz CT molecular complexity index is 712. The molecule has 0 bridgehead atoms. The number of carbonyl (C=O) groups is 2. The highest BCUT2D eigenvalue weighted by molar-refractivity contribution is 5.77. The molecule has 2 fully saturated rings. The number of aromatic nitrogens is 2. The first-order chi connectivity index (χ1) is 11.8. The quantitative estimate of drug-likeness (QED) is 0.820. The molecule has 1 aliphatic heterocycles. The number of amides is 2. The first-order valence-electron chi connectivity index (χ1n) is 8.96. The van der Waals surface area contributed by atoms with Crippen LogP contribution in [0.2, 0.25) is 0 Å². The zero-order valence-corrected chi connectivity index (χ0v) is 15.1. The van der Waals surface area contributed by atoms with Gasteiger partial charge in [0.25, 0.3) is 0 Å². The minimum absolute atomic E-state index is 0.00829. The lowest BCUT2D eigenvalue weighted by molar-refractivity contribution is -0.128. The van der Waals surface area contributed by atoms with E-state index in [0.29, 0.717) is 36.9 Å². The van der Waals surface area contributed by atoms with E-state index >= 15 is 0 Å². The number of rotatable bonds is 5. The highest BCUT2D eigenvalue weighted by Crippen LogP contribution is 2.41. The van der Waals surface area contributed by atoms with Gasteiger partial charge in [0.05, 0.1) is 6.04 Å². The van der Waals surface area contributed by atoms with Gasteiger partial charge in [0.15, 0.2) is 0 Å². The van der Waals surface area contributed by atoms with Crippen molar-refractivity contribution in [1.29, 1.82) is 0 Å². The number of aromatic amines is 1. The summed E-state index contributed by atoms with van der Waals surface area (Å²) in [6, 6.07) is 0.0554. The van der Waals surface area contributed by atoms with E-state index in [-0.39, 0.29) is 23.5 Å². The van der Waals surface area contributed by atoms with E-state index < -0.39 is 0 Å². The highest BCUT2D eigenvalue weighted by Gasteiger charge is 2.43. The molecule has 1 aliphatic carbocycles. The third-order valence-corrected chi connectivity index (χ3v) is 5.44. The smallest absolute Gasteiger partial charge is 0.345 e. The van der Waals surface area contributed by atoms with Crippen LogP contribution in [0, 0.1) is 25.7 Å². The van der Waals surface area contributed by atoms with Crippen molar-refractivity contribution in [3.63, 3.8) is 0 Å².